The van der Waals surface area contributed by atoms with Crippen molar-refractivity contribution in [3.8, 4) is 0 Å². The minimum Gasteiger partial charge on any atom is -0.326 e. The number of urea groups is 1. The standard InChI is InChI=1S/C13H18F2N2O/c1-4-5-11(12(15)6-7-14)9-17-10(2)8-16(3)13(17)18/h4-6,10H,1,7-9H2,2-3H3/b11-5-,12-6+. The predicted molar refractivity (Wildman–Crippen MR) is 67.6 cm³/mol. The number of carbonyl (C=O) groups excluding carboxylic acids is 1. The number of carbonyl (C=O) groups is 1. The van der Waals surface area contributed by atoms with Crippen LogP contribution in [-0.2, 0) is 0 Å². The molecule has 2 amide bonds. The summed E-state index contributed by atoms with van der Waals surface area (Å²) in [4.78, 5) is 15.0. The topological polar surface area (TPSA) is 23.6 Å². The zero-order valence-electron chi connectivity index (χ0n) is 10.7. The third-order valence-corrected chi connectivity index (χ3v) is 2.87. The van der Waals surface area contributed by atoms with E-state index in [1.807, 2.05) is 6.92 Å². The van der Waals surface area contributed by atoms with Crippen LogP contribution in [0.3, 0.4) is 0 Å². The van der Waals surface area contributed by atoms with Crippen LogP contribution in [0.15, 0.2) is 36.2 Å². The molecule has 1 atom stereocenters. The van der Waals surface area contributed by atoms with Gasteiger partial charge in [0.1, 0.15) is 12.5 Å². The monoisotopic (exact) mass is 256 g/mol. The Kier molecular flexibility index (Phi) is 5.07. The van der Waals surface area contributed by atoms with Crippen molar-refractivity contribution in [1.82, 2.24) is 9.80 Å². The van der Waals surface area contributed by atoms with Crippen molar-refractivity contribution in [3.05, 3.63) is 36.2 Å². The first kappa shape index (κ1) is 14.4. The van der Waals surface area contributed by atoms with Gasteiger partial charge in [-0.1, -0.05) is 18.7 Å². The van der Waals surface area contributed by atoms with E-state index in [0.717, 1.165) is 6.08 Å². The maximum atomic E-state index is 13.6. The lowest BCUT2D eigenvalue weighted by Gasteiger charge is -2.21. The van der Waals surface area contributed by atoms with Gasteiger partial charge in [-0.25, -0.2) is 13.6 Å². The highest BCUT2D eigenvalue weighted by molar-refractivity contribution is 5.77. The van der Waals surface area contributed by atoms with E-state index in [9.17, 15) is 13.6 Å². The summed E-state index contributed by atoms with van der Waals surface area (Å²) < 4.78 is 25.7. The van der Waals surface area contributed by atoms with Gasteiger partial charge in [-0.3, -0.25) is 0 Å². The fraction of sp³-hybridized carbons (Fsp3) is 0.462. The van der Waals surface area contributed by atoms with Crippen LogP contribution >= 0.6 is 0 Å². The minimum atomic E-state index is -0.871. The van der Waals surface area contributed by atoms with E-state index in [-0.39, 0.29) is 24.2 Å². The summed E-state index contributed by atoms with van der Waals surface area (Å²) in [6.07, 6.45) is 3.74. The maximum Gasteiger partial charge on any atom is 0.320 e. The third kappa shape index (κ3) is 3.18. The van der Waals surface area contributed by atoms with Crippen LogP contribution in [0.25, 0.3) is 0 Å². The number of hydrogen-bond acceptors (Lipinski definition) is 1. The summed E-state index contributed by atoms with van der Waals surface area (Å²) in [5, 5.41) is 0. The van der Waals surface area contributed by atoms with Crippen molar-refractivity contribution in [2.45, 2.75) is 13.0 Å². The van der Waals surface area contributed by atoms with Crippen LogP contribution in [0, 0.1) is 0 Å². The Morgan fingerprint density at radius 2 is 2.28 bits per heavy atom. The van der Waals surface area contributed by atoms with Crippen molar-refractivity contribution in [2.75, 3.05) is 26.8 Å². The molecule has 1 aliphatic heterocycles. The van der Waals surface area contributed by atoms with Gasteiger partial charge >= 0.3 is 6.03 Å². The first-order chi connectivity index (χ1) is 8.51. The van der Waals surface area contributed by atoms with E-state index >= 15 is 0 Å². The van der Waals surface area contributed by atoms with Crippen molar-refractivity contribution in [1.29, 1.82) is 0 Å². The summed E-state index contributed by atoms with van der Waals surface area (Å²) in [5.41, 5.74) is 0.262. The molecule has 0 radical (unpaired) electrons. The molecule has 0 bridgehead atoms. The van der Waals surface area contributed by atoms with Crippen LogP contribution in [0.4, 0.5) is 13.6 Å². The highest BCUT2D eigenvalue weighted by Crippen LogP contribution is 2.20. The molecule has 0 aromatic carbocycles. The zero-order valence-corrected chi connectivity index (χ0v) is 10.7. The van der Waals surface area contributed by atoms with E-state index in [4.69, 9.17) is 0 Å². The Hall–Kier alpha value is -1.65. The summed E-state index contributed by atoms with van der Waals surface area (Å²) >= 11 is 0. The number of rotatable bonds is 5. The fourth-order valence-corrected chi connectivity index (χ4v) is 1.94. The molecule has 100 valence electrons. The molecule has 0 N–H and O–H groups in total. The molecule has 1 saturated heterocycles. The SMILES string of the molecule is C=C/C=C(CN1C(=O)N(C)CC1C)\C(F)=C/CF. The van der Waals surface area contributed by atoms with Crippen molar-refractivity contribution in [2.24, 2.45) is 0 Å². The van der Waals surface area contributed by atoms with Crippen molar-refractivity contribution >= 4 is 6.03 Å². The normalized spacial score (nSPS) is 21.8. The molecule has 0 aliphatic carbocycles. The average molecular weight is 256 g/mol. The summed E-state index contributed by atoms with van der Waals surface area (Å²) in [6.45, 7) is 5.24. The van der Waals surface area contributed by atoms with Gasteiger partial charge in [-0.05, 0) is 13.0 Å². The van der Waals surface area contributed by atoms with E-state index in [0.29, 0.717) is 6.54 Å². The summed E-state index contributed by atoms with van der Waals surface area (Å²) in [5.74, 6) is -0.646. The first-order valence-corrected chi connectivity index (χ1v) is 5.76. The lowest BCUT2D eigenvalue weighted by Crippen LogP contribution is -2.34. The molecule has 1 fully saturated rings. The lowest BCUT2D eigenvalue weighted by molar-refractivity contribution is 0.196. The molecule has 1 rings (SSSR count). The predicted octanol–water partition coefficient (Wildman–Crippen LogP) is 2.68. The Labute approximate surface area is 106 Å². The maximum absolute atomic E-state index is 13.6. The molecule has 0 aromatic heterocycles. The molecule has 18 heavy (non-hydrogen) atoms. The molecule has 1 heterocycles. The molecular weight excluding hydrogens is 238 g/mol. The molecule has 0 spiro atoms. The van der Waals surface area contributed by atoms with Gasteiger partial charge in [0.15, 0.2) is 0 Å². The van der Waals surface area contributed by atoms with E-state index in [1.54, 1.807) is 16.8 Å². The van der Waals surface area contributed by atoms with Gasteiger partial charge in [0.25, 0.3) is 0 Å². The Bertz CT molecular complexity index is 390. The first-order valence-electron chi connectivity index (χ1n) is 5.76. The Morgan fingerprint density at radius 1 is 1.61 bits per heavy atom. The summed E-state index contributed by atoms with van der Waals surface area (Å²) in [7, 11) is 1.70. The third-order valence-electron chi connectivity index (χ3n) is 2.87. The smallest absolute Gasteiger partial charge is 0.320 e. The number of halogens is 2. The number of amides is 2. The second kappa shape index (κ2) is 6.33. The van der Waals surface area contributed by atoms with Gasteiger partial charge < -0.3 is 9.80 Å². The zero-order chi connectivity index (χ0) is 13.7. The van der Waals surface area contributed by atoms with Crippen molar-refractivity contribution < 1.29 is 13.6 Å². The molecule has 1 unspecified atom stereocenters. The Morgan fingerprint density at radius 3 is 2.72 bits per heavy atom. The van der Waals surface area contributed by atoms with Gasteiger partial charge in [0.05, 0.1) is 6.54 Å². The van der Waals surface area contributed by atoms with Crippen LogP contribution in [0.2, 0.25) is 0 Å². The van der Waals surface area contributed by atoms with Gasteiger partial charge in [-0.15, -0.1) is 0 Å². The number of alkyl halides is 1. The second-order valence-electron chi connectivity index (χ2n) is 4.27. The molecule has 0 saturated carbocycles. The Balaban J connectivity index is 2.85. The molecule has 3 nitrogen and oxygen atoms in total. The van der Waals surface area contributed by atoms with Crippen LogP contribution in [-0.4, -0.2) is 48.7 Å². The summed E-state index contributed by atoms with van der Waals surface area (Å²) in [6, 6.07) is -0.139. The largest absolute Gasteiger partial charge is 0.326 e. The quantitative estimate of drug-likeness (QED) is 0.694. The number of allylic oxidation sites excluding steroid dienone is 3. The van der Waals surface area contributed by atoms with Crippen LogP contribution in [0.1, 0.15) is 6.92 Å². The van der Waals surface area contributed by atoms with Crippen LogP contribution < -0.4 is 0 Å². The second-order valence-corrected chi connectivity index (χ2v) is 4.27. The number of likely N-dealkylation sites (N-methyl/N-ethyl adjacent to an activating group) is 1. The van der Waals surface area contributed by atoms with E-state index in [1.165, 1.54) is 12.2 Å². The molecule has 0 aromatic rings. The van der Waals surface area contributed by atoms with Crippen LogP contribution in [0.5, 0.6) is 0 Å². The van der Waals surface area contributed by atoms with Gasteiger partial charge in [0.2, 0.25) is 0 Å². The molecule has 5 heteroatoms. The number of nitrogens with zero attached hydrogens (tertiary/aromatic N) is 2. The molecule has 1 aliphatic rings. The van der Waals surface area contributed by atoms with E-state index < -0.39 is 12.5 Å². The fourth-order valence-electron chi connectivity index (χ4n) is 1.94. The lowest BCUT2D eigenvalue weighted by atomic mass is 10.1. The average Bonchev–Trinajstić information content (AvgIpc) is 2.55. The highest BCUT2D eigenvalue weighted by atomic mass is 19.1. The van der Waals surface area contributed by atoms with Gasteiger partial charge in [0, 0.05) is 25.2 Å². The minimum absolute atomic E-state index is 0.00823. The van der Waals surface area contributed by atoms with Crippen molar-refractivity contribution in [3.63, 3.8) is 0 Å². The highest BCUT2D eigenvalue weighted by Gasteiger charge is 2.32. The van der Waals surface area contributed by atoms with Gasteiger partial charge in [-0.2, -0.15) is 0 Å². The molecular formula is C13H18F2N2O. The number of hydrogen-bond donors (Lipinski definition) is 0. The van der Waals surface area contributed by atoms with E-state index in [2.05, 4.69) is 6.58 Å².